The quantitative estimate of drug-likeness (QED) is 0.169. The van der Waals surface area contributed by atoms with Crippen LogP contribution in [0.25, 0.3) is 0 Å². The Morgan fingerprint density at radius 2 is 1.07 bits per heavy atom. The predicted octanol–water partition coefficient (Wildman–Crippen LogP) is 6.62. The number of aromatic nitrogens is 2. The number of hydrogen-bond donors (Lipinski definition) is 0. The lowest BCUT2D eigenvalue weighted by Gasteiger charge is -2.18. The highest BCUT2D eigenvalue weighted by Crippen LogP contribution is 2.30. The number of likely N-dealkylation sites (tertiary alicyclic amines) is 2. The normalized spacial score (nSPS) is 19.9. The van der Waals surface area contributed by atoms with Gasteiger partial charge in [0.05, 0.1) is 0 Å². The van der Waals surface area contributed by atoms with Gasteiger partial charge in [-0.1, -0.05) is 24.3 Å². The van der Waals surface area contributed by atoms with Gasteiger partial charge < -0.3 is 0 Å². The van der Waals surface area contributed by atoms with Crippen LogP contribution in [0.1, 0.15) is 98.5 Å². The van der Waals surface area contributed by atoms with E-state index in [9.17, 15) is 0 Å². The van der Waals surface area contributed by atoms with Crippen LogP contribution in [0.4, 0.5) is 0 Å². The van der Waals surface area contributed by atoms with E-state index in [1.165, 1.54) is 101 Å². The van der Waals surface area contributed by atoms with Gasteiger partial charge in [0.25, 0.3) is 0 Å². The van der Waals surface area contributed by atoms with Crippen LogP contribution in [-0.2, 0) is 25.9 Å². The van der Waals surface area contributed by atoms with Gasteiger partial charge in [-0.3, -0.25) is 9.80 Å². The average Bonchev–Trinajstić information content (AvgIpc) is 3.61. The summed E-state index contributed by atoms with van der Waals surface area (Å²) in [6.45, 7) is 4.72. The molecule has 214 valence electrons. The van der Waals surface area contributed by atoms with Gasteiger partial charge >= 0.3 is 0 Å². The minimum atomic E-state index is 0.609. The van der Waals surface area contributed by atoms with E-state index in [2.05, 4.69) is 106 Å². The lowest BCUT2D eigenvalue weighted by molar-refractivity contribution is -0.698. The molecule has 0 amide bonds. The van der Waals surface area contributed by atoms with Gasteiger partial charge in [0.15, 0.2) is 24.8 Å². The van der Waals surface area contributed by atoms with E-state index >= 15 is 0 Å². The summed E-state index contributed by atoms with van der Waals surface area (Å²) in [6, 6.07) is 19.5. The van der Waals surface area contributed by atoms with E-state index in [-0.39, 0.29) is 0 Å². The molecule has 2 atom stereocenters. The Balaban J connectivity index is 1.00. The second-order valence-corrected chi connectivity index (χ2v) is 12.4. The van der Waals surface area contributed by atoms with Crippen molar-refractivity contribution in [2.45, 2.75) is 102 Å². The first-order valence-electron chi connectivity index (χ1n) is 16.1. The van der Waals surface area contributed by atoms with Crippen molar-refractivity contribution in [3.05, 3.63) is 95.6 Å². The topological polar surface area (TPSA) is 14.2 Å². The first-order valence-corrected chi connectivity index (χ1v) is 16.1. The van der Waals surface area contributed by atoms with Crippen molar-refractivity contribution in [2.24, 2.45) is 0 Å². The summed E-state index contributed by atoms with van der Waals surface area (Å²) in [5.74, 6) is 0. The Morgan fingerprint density at radius 3 is 1.50 bits per heavy atom. The minimum absolute atomic E-state index is 0.609. The largest absolute Gasteiger partial charge is 0.299 e. The second kappa shape index (κ2) is 14.9. The molecule has 1 unspecified atom stereocenters. The van der Waals surface area contributed by atoms with Crippen molar-refractivity contribution in [3.63, 3.8) is 0 Å². The van der Waals surface area contributed by atoms with Crippen LogP contribution in [0, 0.1) is 0 Å². The van der Waals surface area contributed by atoms with Crippen LogP contribution < -0.4 is 9.13 Å². The molecule has 2 fully saturated rings. The molecule has 4 nitrogen and oxygen atoms in total. The summed E-state index contributed by atoms with van der Waals surface area (Å²) in [4.78, 5) is 5.01. The smallest absolute Gasteiger partial charge is 0.173 e. The van der Waals surface area contributed by atoms with E-state index in [1.807, 2.05) is 0 Å². The SMILES string of the molecule is CN1CCCC1c1ccc[n+](CCCCCc2ccccc2CCCCC[n+]2cccc([C@@H]3CCCN3C)c2)c1. The first-order chi connectivity index (χ1) is 19.7. The molecule has 3 aromatic rings. The average molecular weight is 541 g/mol. The zero-order valence-corrected chi connectivity index (χ0v) is 25.2. The van der Waals surface area contributed by atoms with Crippen molar-refractivity contribution in [3.8, 4) is 0 Å². The molecule has 2 saturated heterocycles. The van der Waals surface area contributed by atoms with Crippen LogP contribution in [0.3, 0.4) is 0 Å². The maximum absolute atomic E-state index is 2.50. The van der Waals surface area contributed by atoms with Gasteiger partial charge in [0, 0.05) is 48.2 Å². The van der Waals surface area contributed by atoms with E-state index < -0.39 is 0 Å². The first kappa shape index (κ1) is 29.0. The molecule has 4 heterocycles. The van der Waals surface area contributed by atoms with E-state index in [0.29, 0.717) is 12.1 Å². The third kappa shape index (κ3) is 8.01. The summed E-state index contributed by atoms with van der Waals surface area (Å²) in [5.41, 5.74) is 6.12. The zero-order chi connectivity index (χ0) is 27.6. The molecule has 0 N–H and O–H groups in total. The van der Waals surface area contributed by atoms with Gasteiger partial charge in [-0.2, -0.15) is 0 Å². The molecule has 0 radical (unpaired) electrons. The number of aryl methyl sites for hydroxylation is 4. The number of nitrogens with zero attached hydrogens (tertiary/aromatic N) is 4. The van der Waals surface area contributed by atoms with Crippen molar-refractivity contribution < 1.29 is 9.13 Å². The van der Waals surface area contributed by atoms with Gasteiger partial charge in [0.2, 0.25) is 0 Å². The highest BCUT2D eigenvalue weighted by Gasteiger charge is 2.25. The van der Waals surface area contributed by atoms with E-state index in [1.54, 1.807) is 11.1 Å². The van der Waals surface area contributed by atoms with Gasteiger partial charge in [0.1, 0.15) is 13.1 Å². The highest BCUT2D eigenvalue weighted by atomic mass is 15.2. The van der Waals surface area contributed by atoms with Crippen LogP contribution in [-0.4, -0.2) is 37.0 Å². The van der Waals surface area contributed by atoms with Gasteiger partial charge in [-0.25, -0.2) is 9.13 Å². The van der Waals surface area contributed by atoms with E-state index in [0.717, 1.165) is 13.1 Å². The summed E-state index contributed by atoms with van der Waals surface area (Å²) in [7, 11) is 4.53. The highest BCUT2D eigenvalue weighted by molar-refractivity contribution is 5.27. The molecule has 0 aliphatic carbocycles. The van der Waals surface area contributed by atoms with Crippen LogP contribution in [0.2, 0.25) is 0 Å². The number of unbranched alkanes of at least 4 members (excludes halogenated alkanes) is 4. The third-order valence-electron chi connectivity index (χ3n) is 9.42. The number of pyridine rings is 2. The fourth-order valence-corrected chi connectivity index (χ4v) is 7.04. The minimum Gasteiger partial charge on any atom is -0.299 e. The molecular formula is C36H52N4+2. The molecule has 40 heavy (non-hydrogen) atoms. The van der Waals surface area contributed by atoms with Crippen LogP contribution >= 0.6 is 0 Å². The summed E-state index contributed by atoms with van der Waals surface area (Å²) in [6.07, 6.45) is 24.6. The van der Waals surface area contributed by atoms with Gasteiger partial charge in [-0.15, -0.1) is 0 Å². The standard InChI is InChI=1S/C36H52N4/c1-37-23-13-21-35(37)33-19-11-27-39(29-33)25-9-3-5-15-31-17-7-8-18-32(31)16-6-4-10-26-40-28-12-20-34(30-40)36-22-14-24-38(36)2/h7-8,11-12,17-20,27-30,35-36H,3-6,9-10,13-16,21-26H2,1-2H3/q+2/t35-,36?/m0/s1. The molecule has 2 aliphatic heterocycles. The van der Waals surface area contributed by atoms with E-state index in [4.69, 9.17) is 0 Å². The number of hydrogen-bond acceptors (Lipinski definition) is 2. The molecule has 2 aromatic heterocycles. The molecule has 2 aliphatic rings. The van der Waals surface area contributed by atoms with Crippen molar-refractivity contribution in [2.75, 3.05) is 27.2 Å². The molecule has 0 bridgehead atoms. The van der Waals surface area contributed by atoms with Crippen LogP contribution in [0.5, 0.6) is 0 Å². The molecule has 4 heteroatoms. The molecule has 0 spiro atoms. The zero-order valence-electron chi connectivity index (χ0n) is 25.2. The maximum Gasteiger partial charge on any atom is 0.173 e. The summed E-state index contributed by atoms with van der Waals surface area (Å²) >= 11 is 0. The molecular weight excluding hydrogens is 488 g/mol. The maximum atomic E-state index is 2.50. The molecule has 5 rings (SSSR count). The molecule has 1 aromatic carbocycles. The molecule has 0 saturated carbocycles. The Hall–Kier alpha value is -2.56. The lowest BCUT2D eigenvalue weighted by Crippen LogP contribution is -2.34. The van der Waals surface area contributed by atoms with Crippen molar-refractivity contribution >= 4 is 0 Å². The predicted molar refractivity (Wildman–Crippen MR) is 164 cm³/mol. The Morgan fingerprint density at radius 1 is 0.600 bits per heavy atom. The Labute approximate surface area is 243 Å². The Kier molecular flexibility index (Phi) is 10.8. The summed E-state index contributed by atoms with van der Waals surface area (Å²) in [5, 5.41) is 0. The number of benzene rings is 1. The number of rotatable bonds is 14. The fraction of sp³-hybridized carbons (Fsp3) is 0.556. The second-order valence-electron chi connectivity index (χ2n) is 12.4. The monoisotopic (exact) mass is 540 g/mol. The van der Waals surface area contributed by atoms with Crippen molar-refractivity contribution in [1.29, 1.82) is 0 Å². The van der Waals surface area contributed by atoms with Crippen LogP contribution in [0.15, 0.2) is 73.3 Å². The van der Waals surface area contributed by atoms with Gasteiger partial charge in [-0.05, 0) is 115 Å². The summed E-state index contributed by atoms with van der Waals surface area (Å²) < 4.78 is 4.83. The fourth-order valence-electron chi connectivity index (χ4n) is 7.04. The van der Waals surface area contributed by atoms with Crippen molar-refractivity contribution in [1.82, 2.24) is 9.80 Å². The third-order valence-corrected chi connectivity index (χ3v) is 9.42. The Bertz CT molecular complexity index is 1100. The lowest BCUT2D eigenvalue weighted by atomic mass is 9.97.